The van der Waals surface area contributed by atoms with Crippen molar-refractivity contribution in [1.82, 2.24) is 4.98 Å². The molecule has 0 spiro atoms. The van der Waals surface area contributed by atoms with Crippen molar-refractivity contribution in [2.75, 3.05) is 0 Å². The van der Waals surface area contributed by atoms with Crippen LogP contribution in [0.25, 0.3) is 0 Å². The molecule has 0 aliphatic rings. The van der Waals surface area contributed by atoms with Crippen LogP contribution in [0.5, 0.6) is 0 Å². The zero-order valence-corrected chi connectivity index (χ0v) is 10.8. The van der Waals surface area contributed by atoms with E-state index in [0.29, 0.717) is 0 Å². The van der Waals surface area contributed by atoms with E-state index in [4.69, 9.17) is 5.14 Å². The fourth-order valence-corrected chi connectivity index (χ4v) is 3.26. The third-order valence-corrected chi connectivity index (χ3v) is 3.83. The van der Waals surface area contributed by atoms with Gasteiger partial charge in [-0.2, -0.15) is 0 Å². The van der Waals surface area contributed by atoms with Gasteiger partial charge in [0.05, 0.1) is 6.07 Å². The number of nitro groups is 1. The molecular weight excluding hydrogens is 375 g/mol. The standard InChI is InChI=1S/C6H4F2IN3O4S/c7-6(8)4-5(17(10,15)16)2(9)1-3(11-4)12(13)14/h1,6H,(H2,10,15,16). The Kier molecular flexibility index (Phi) is 3.93. The zero-order valence-electron chi connectivity index (χ0n) is 7.80. The number of hydrogen-bond acceptors (Lipinski definition) is 5. The predicted octanol–water partition coefficient (Wildman–Crippen LogP) is 1.18. The fraction of sp³-hybridized carbons (Fsp3) is 0.167. The largest absolute Gasteiger partial charge is 0.365 e. The average molecular weight is 379 g/mol. The van der Waals surface area contributed by atoms with E-state index in [-0.39, 0.29) is 3.57 Å². The number of halogens is 3. The predicted molar refractivity (Wildman–Crippen MR) is 59.9 cm³/mol. The SMILES string of the molecule is NS(=O)(=O)c1c(I)cc([N+](=O)[O-])nc1C(F)F. The number of hydrogen-bond donors (Lipinski definition) is 1. The molecule has 0 aliphatic heterocycles. The summed E-state index contributed by atoms with van der Waals surface area (Å²) in [5, 5.41) is 15.1. The highest BCUT2D eigenvalue weighted by Gasteiger charge is 2.32. The molecule has 0 saturated carbocycles. The van der Waals surface area contributed by atoms with Crippen LogP contribution in [0.1, 0.15) is 12.1 Å². The molecule has 0 aromatic carbocycles. The average Bonchev–Trinajstić information content (AvgIpc) is 2.13. The van der Waals surface area contributed by atoms with Crippen molar-refractivity contribution in [3.8, 4) is 0 Å². The Bertz CT molecular complexity index is 577. The van der Waals surface area contributed by atoms with Gasteiger partial charge in [0.1, 0.15) is 4.90 Å². The molecule has 0 radical (unpaired) electrons. The van der Waals surface area contributed by atoms with Gasteiger partial charge in [-0.1, -0.05) is 0 Å². The lowest BCUT2D eigenvalue weighted by molar-refractivity contribution is -0.389. The van der Waals surface area contributed by atoms with E-state index in [9.17, 15) is 27.3 Å². The Hall–Kier alpha value is -0.950. The Morgan fingerprint density at radius 2 is 2.06 bits per heavy atom. The van der Waals surface area contributed by atoms with E-state index >= 15 is 0 Å². The minimum absolute atomic E-state index is 0.276. The van der Waals surface area contributed by atoms with Crippen LogP contribution in [0, 0.1) is 13.7 Å². The molecule has 1 heterocycles. The summed E-state index contributed by atoms with van der Waals surface area (Å²) in [6.45, 7) is 0. The van der Waals surface area contributed by atoms with Crippen LogP contribution in [-0.4, -0.2) is 18.3 Å². The molecule has 0 fully saturated rings. The maximum absolute atomic E-state index is 12.6. The minimum atomic E-state index is -4.42. The first-order valence-electron chi connectivity index (χ1n) is 3.80. The van der Waals surface area contributed by atoms with Crippen LogP contribution in [-0.2, 0) is 10.0 Å². The van der Waals surface area contributed by atoms with E-state index in [1.807, 2.05) is 0 Å². The fourth-order valence-electron chi connectivity index (χ4n) is 1.03. The van der Waals surface area contributed by atoms with Crippen LogP contribution in [0.2, 0.25) is 0 Å². The maximum atomic E-state index is 12.6. The van der Waals surface area contributed by atoms with Gasteiger partial charge in [0, 0.05) is 3.57 Å². The van der Waals surface area contributed by atoms with E-state index in [1.54, 1.807) is 0 Å². The number of alkyl halides is 2. The van der Waals surface area contributed by atoms with Gasteiger partial charge in [-0.3, -0.25) is 0 Å². The third kappa shape index (κ3) is 3.04. The summed E-state index contributed by atoms with van der Waals surface area (Å²) in [6.07, 6.45) is -3.28. The van der Waals surface area contributed by atoms with Gasteiger partial charge in [-0.05, 0) is 32.5 Å². The quantitative estimate of drug-likeness (QED) is 0.481. The summed E-state index contributed by atoms with van der Waals surface area (Å²) < 4.78 is 47.0. The maximum Gasteiger partial charge on any atom is 0.365 e. The Morgan fingerprint density at radius 3 is 2.41 bits per heavy atom. The first-order valence-corrected chi connectivity index (χ1v) is 6.43. The summed E-state index contributed by atoms with van der Waals surface area (Å²) in [5.41, 5.74) is -1.22. The molecule has 0 saturated heterocycles. The number of primary sulfonamides is 1. The number of nitrogens with two attached hydrogens (primary N) is 1. The molecule has 17 heavy (non-hydrogen) atoms. The highest BCUT2D eigenvalue weighted by atomic mass is 127. The Labute approximate surface area is 107 Å². The molecule has 11 heteroatoms. The molecular formula is C6H4F2IN3O4S. The number of nitrogens with zero attached hydrogens (tertiary/aromatic N) is 2. The van der Waals surface area contributed by atoms with Crippen molar-refractivity contribution in [3.05, 3.63) is 25.4 Å². The molecule has 1 aromatic heterocycles. The van der Waals surface area contributed by atoms with Crippen LogP contribution >= 0.6 is 22.6 Å². The number of sulfonamides is 1. The second-order valence-corrected chi connectivity index (χ2v) is 5.44. The molecule has 0 bridgehead atoms. The van der Waals surface area contributed by atoms with E-state index in [1.165, 1.54) is 22.6 Å². The second-order valence-electron chi connectivity index (χ2n) is 2.78. The zero-order chi connectivity index (χ0) is 13.4. The number of aromatic nitrogens is 1. The molecule has 94 valence electrons. The van der Waals surface area contributed by atoms with Gasteiger partial charge in [0.25, 0.3) is 0 Å². The second kappa shape index (κ2) is 4.73. The minimum Gasteiger partial charge on any atom is -0.358 e. The lowest BCUT2D eigenvalue weighted by Crippen LogP contribution is -2.18. The van der Waals surface area contributed by atoms with Crippen molar-refractivity contribution in [2.24, 2.45) is 5.14 Å². The topological polar surface area (TPSA) is 116 Å². The van der Waals surface area contributed by atoms with Crippen LogP contribution in [0.4, 0.5) is 14.6 Å². The molecule has 0 atom stereocenters. The van der Waals surface area contributed by atoms with Crippen LogP contribution in [0.3, 0.4) is 0 Å². The van der Waals surface area contributed by atoms with Crippen molar-refractivity contribution < 1.29 is 22.1 Å². The van der Waals surface area contributed by atoms with Gasteiger partial charge >= 0.3 is 12.2 Å². The monoisotopic (exact) mass is 379 g/mol. The lowest BCUT2D eigenvalue weighted by atomic mass is 10.3. The summed E-state index contributed by atoms with van der Waals surface area (Å²) in [5.74, 6) is -0.864. The Morgan fingerprint density at radius 1 is 1.53 bits per heavy atom. The first kappa shape index (κ1) is 14.1. The smallest absolute Gasteiger partial charge is 0.358 e. The lowest BCUT2D eigenvalue weighted by Gasteiger charge is -2.05. The van der Waals surface area contributed by atoms with E-state index in [2.05, 4.69) is 4.98 Å². The van der Waals surface area contributed by atoms with Gasteiger partial charge in [-0.15, -0.1) is 0 Å². The third-order valence-electron chi connectivity index (χ3n) is 1.62. The number of rotatable bonds is 3. The molecule has 0 unspecified atom stereocenters. The summed E-state index contributed by atoms with van der Waals surface area (Å²) in [7, 11) is -4.42. The normalized spacial score (nSPS) is 11.8. The van der Waals surface area contributed by atoms with Crippen molar-refractivity contribution >= 4 is 38.4 Å². The molecule has 2 N–H and O–H groups in total. The number of pyridine rings is 1. The molecule has 0 amide bonds. The molecule has 1 rings (SSSR count). The van der Waals surface area contributed by atoms with Crippen molar-refractivity contribution in [2.45, 2.75) is 11.3 Å². The van der Waals surface area contributed by atoms with Crippen LogP contribution < -0.4 is 5.14 Å². The highest BCUT2D eigenvalue weighted by molar-refractivity contribution is 14.1. The molecule has 0 aliphatic carbocycles. The van der Waals surface area contributed by atoms with E-state index < -0.39 is 37.8 Å². The van der Waals surface area contributed by atoms with Crippen molar-refractivity contribution in [1.29, 1.82) is 0 Å². The summed E-state index contributed by atoms with van der Waals surface area (Å²) in [6, 6.07) is 0.756. The van der Waals surface area contributed by atoms with Crippen molar-refractivity contribution in [3.63, 3.8) is 0 Å². The molecule has 7 nitrogen and oxygen atoms in total. The van der Waals surface area contributed by atoms with Gasteiger partial charge in [-0.25, -0.2) is 22.3 Å². The highest BCUT2D eigenvalue weighted by Crippen LogP contribution is 2.30. The van der Waals surface area contributed by atoms with E-state index in [0.717, 1.165) is 6.07 Å². The van der Waals surface area contributed by atoms with Gasteiger partial charge in [0.2, 0.25) is 15.7 Å². The van der Waals surface area contributed by atoms with Gasteiger partial charge in [0.15, 0.2) is 0 Å². The Balaban J connectivity index is 3.67. The summed E-state index contributed by atoms with van der Waals surface area (Å²) in [4.78, 5) is 11.5. The molecule has 1 aromatic rings. The first-order chi connectivity index (χ1) is 7.64. The van der Waals surface area contributed by atoms with Crippen LogP contribution in [0.15, 0.2) is 11.0 Å². The summed E-state index contributed by atoms with van der Waals surface area (Å²) >= 11 is 1.37. The van der Waals surface area contributed by atoms with Gasteiger partial charge < -0.3 is 10.1 Å².